The van der Waals surface area contributed by atoms with E-state index < -0.39 is 0 Å². The third kappa shape index (κ3) is 5.42. The standard InChI is InChI=1S/C14H29N3/c1-5-12(3)17-14(15-4)16-10-13-8-6-11(2)7-9-13/h11-13H,5-10H2,1-4H3,(H2,15,16,17). The third-order valence-electron chi connectivity index (χ3n) is 3.91. The van der Waals surface area contributed by atoms with E-state index in [0.29, 0.717) is 6.04 Å². The smallest absolute Gasteiger partial charge is 0.191 e. The quantitative estimate of drug-likeness (QED) is 0.584. The van der Waals surface area contributed by atoms with E-state index in [-0.39, 0.29) is 0 Å². The minimum atomic E-state index is 0.493. The van der Waals surface area contributed by atoms with Gasteiger partial charge in [0.05, 0.1) is 0 Å². The molecule has 2 N–H and O–H groups in total. The molecule has 1 aliphatic rings. The van der Waals surface area contributed by atoms with Crippen molar-refractivity contribution >= 4 is 5.96 Å². The summed E-state index contributed by atoms with van der Waals surface area (Å²) < 4.78 is 0. The molecular formula is C14H29N3. The maximum absolute atomic E-state index is 4.27. The molecular weight excluding hydrogens is 210 g/mol. The van der Waals surface area contributed by atoms with Gasteiger partial charge in [-0.05, 0) is 38.0 Å². The number of aliphatic imine (C=N–C) groups is 1. The lowest BCUT2D eigenvalue weighted by atomic mass is 9.83. The van der Waals surface area contributed by atoms with Gasteiger partial charge in [-0.15, -0.1) is 0 Å². The maximum atomic E-state index is 4.27. The summed E-state index contributed by atoms with van der Waals surface area (Å²) in [6, 6.07) is 0.493. The molecule has 0 spiro atoms. The molecule has 3 heteroatoms. The van der Waals surface area contributed by atoms with Gasteiger partial charge in [0.1, 0.15) is 0 Å². The highest BCUT2D eigenvalue weighted by Crippen LogP contribution is 2.27. The van der Waals surface area contributed by atoms with E-state index in [9.17, 15) is 0 Å². The fraction of sp³-hybridized carbons (Fsp3) is 0.929. The van der Waals surface area contributed by atoms with E-state index in [1.54, 1.807) is 0 Å². The highest BCUT2D eigenvalue weighted by Gasteiger charge is 2.18. The zero-order valence-electron chi connectivity index (χ0n) is 11.9. The number of nitrogens with one attached hydrogen (secondary N) is 2. The largest absolute Gasteiger partial charge is 0.356 e. The van der Waals surface area contributed by atoms with Gasteiger partial charge < -0.3 is 10.6 Å². The molecule has 100 valence electrons. The Morgan fingerprint density at radius 1 is 1.29 bits per heavy atom. The molecule has 3 nitrogen and oxygen atoms in total. The van der Waals surface area contributed by atoms with Gasteiger partial charge >= 0.3 is 0 Å². The van der Waals surface area contributed by atoms with Crippen LogP contribution in [0.5, 0.6) is 0 Å². The van der Waals surface area contributed by atoms with E-state index in [1.165, 1.54) is 25.7 Å². The van der Waals surface area contributed by atoms with Gasteiger partial charge in [0.25, 0.3) is 0 Å². The molecule has 0 bridgehead atoms. The van der Waals surface area contributed by atoms with Crippen LogP contribution >= 0.6 is 0 Å². The third-order valence-corrected chi connectivity index (χ3v) is 3.91. The van der Waals surface area contributed by atoms with Crippen LogP contribution in [0.4, 0.5) is 0 Å². The Hall–Kier alpha value is -0.730. The predicted molar refractivity (Wildman–Crippen MR) is 75.4 cm³/mol. The van der Waals surface area contributed by atoms with Crippen molar-refractivity contribution in [2.75, 3.05) is 13.6 Å². The highest BCUT2D eigenvalue weighted by molar-refractivity contribution is 5.79. The number of guanidine groups is 1. The minimum absolute atomic E-state index is 0.493. The Balaban J connectivity index is 2.23. The lowest BCUT2D eigenvalue weighted by Gasteiger charge is -2.27. The maximum Gasteiger partial charge on any atom is 0.191 e. The summed E-state index contributed by atoms with van der Waals surface area (Å²) in [4.78, 5) is 4.27. The molecule has 0 aromatic carbocycles. The highest BCUT2D eigenvalue weighted by atomic mass is 15.2. The van der Waals surface area contributed by atoms with Gasteiger partial charge in [-0.25, -0.2) is 0 Å². The fourth-order valence-corrected chi connectivity index (χ4v) is 2.30. The molecule has 1 fully saturated rings. The number of rotatable bonds is 4. The molecule has 1 unspecified atom stereocenters. The normalized spacial score (nSPS) is 27.6. The van der Waals surface area contributed by atoms with Crippen molar-refractivity contribution in [3.63, 3.8) is 0 Å². The van der Waals surface area contributed by atoms with Crippen molar-refractivity contribution in [2.45, 2.75) is 58.9 Å². The zero-order chi connectivity index (χ0) is 12.7. The molecule has 17 heavy (non-hydrogen) atoms. The molecule has 1 atom stereocenters. The molecule has 0 radical (unpaired) electrons. The Kier molecular flexibility index (Phi) is 6.38. The molecule has 0 heterocycles. The topological polar surface area (TPSA) is 36.4 Å². The van der Waals surface area contributed by atoms with Gasteiger partial charge in [-0.1, -0.05) is 26.7 Å². The van der Waals surface area contributed by atoms with Crippen molar-refractivity contribution in [2.24, 2.45) is 16.8 Å². The Labute approximate surface area is 106 Å². The Bertz CT molecular complexity index is 230. The molecule has 0 aliphatic heterocycles. The van der Waals surface area contributed by atoms with Crippen LogP contribution in [-0.2, 0) is 0 Å². The first kappa shape index (κ1) is 14.3. The van der Waals surface area contributed by atoms with Crippen LogP contribution in [-0.4, -0.2) is 25.6 Å². The first-order chi connectivity index (χ1) is 8.15. The van der Waals surface area contributed by atoms with Crippen molar-refractivity contribution in [1.82, 2.24) is 10.6 Å². The van der Waals surface area contributed by atoms with E-state index in [4.69, 9.17) is 0 Å². The molecule has 1 aliphatic carbocycles. The second-order valence-electron chi connectivity index (χ2n) is 5.53. The molecule has 0 aromatic heterocycles. The molecule has 1 saturated carbocycles. The van der Waals surface area contributed by atoms with E-state index in [1.807, 2.05) is 7.05 Å². The average molecular weight is 239 g/mol. The summed E-state index contributed by atoms with van der Waals surface area (Å²) in [6.07, 6.45) is 6.65. The summed E-state index contributed by atoms with van der Waals surface area (Å²) in [5.74, 6) is 2.73. The fourth-order valence-electron chi connectivity index (χ4n) is 2.30. The van der Waals surface area contributed by atoms with Crippen LogP contribution in [0.25, 0.3) is 0 Å². The van der Waals surface area contributed by atoms with Crippen molar-refractivity contribution in [1.29, 1.82) is 0 Å². The predicted octanol–water partition coefficient (Wildman–Crippen LogP) is 2.78. The zero-order valence-corrected chi connectivity index (χ0v) is 11.9. The van der Waals surface area contributed by atoms with Crippen LogP contribution < -0.4 is 10.6 Å². The summed E-state index contributed by atoms with van der Waals surface area (Å²) >= 11 is 0. The van der Waals surface area contributed by atoms with E-state index >= 15 is 0 Å². The molecule has 1 rings (SSSR count). The summed E-state index contributed by atoms with van der Waals surface area (Å²) in [5.41, 5.74) is 0. The Morgan fingerprint density at radius 3 is 2.47 bits per heavy atom. The Morgan fingerprint density at radius 2 is 1.94 bits per heavy atom. The SMILES string of the molecule is CCC(C)NC(=NC)NCC1CCC(C)CC1. The first-order valence-corrected chi connectivity index (χ1v) is 7.12. The van der Waals surface area contributed by atoms with Crippen LogP contribution in [0, 0.1) is 11.8 Å². The summed E-state index contributed by atoms with van der Waals surface area (Å²) in [6.45, 7) is 7.82. The first-order valence-electron chi connectivity index (χ1n) is 7.12. The lowest BCUT2D eigenvalue weighted by Crippen LogP contribution is -2.44. The van der Waals surface area contributed by atoms with Gasteiger partial charge in [0.15, 0.2) is 5.96 Å². The summed E-state index contributed by atoms with van der Waals surface area (Å²) in [5, 5.41) is 6.86. The van der Waals surface area contributed by atoms with Crippen LogP contribution in [0.3, 0.4) is 0 Å². The van der Waals surface area contributed by atoms with Crippen molar-refractivity contribution in [3.8, 4) is 0 Å². The lowest BCUT2D eigenvalue weighted by molar-refractivity contribution is 0.289. The van der Waals surface area contributed by atoms with Crippen LogP contribution in [0.15, 0.2) is 4.99 Å². The second-order valence-corrected chi connectivity index (χ2v) is 5.53. The van der Waals surface area contributed by atoms with Crippen molar-refractivity contribution in [3.05, 3.63) is 0 Å². The van der Waals surface area contributed by atoms with Crippen LogP contribution in [0.1, 0.15) is 52.9 Å². The van der Waals surface area contributed by atoms with Gasteiger partial charge in [0.2, 0.25) is 0 Å². The van der Waals surface area contributed by atoms with E-state index in [0.717, 1.165) is 30.8 Å². The number of hydrogen-bond acceptors (Lipinski definition) is 1. The summed E-state index contributed by atoms with van der Waals surface area (Å²) in [7, 11) is 1.85. The molecule has 0 aromatic rings. The van der Waals surface area contributed by atoms with E-state index in [2.05, 4.69) is 36.4 Å². The number of hydrogen-bond donors (Lipinski definition) is 2. The monoisotopic (exact) mass is 239 g/mol. The average Bonchev–Trinajstić information content (AvgIpc) is 2.36. The molecule has 0 saturated heterocycles. The van der Waals surface area contributed by atoms with Crippen molar-refractivity contribution < 1.29 is 0 Å². The second kappa shape index (κ2) is 7.57. The molecule has 0 amide bonds. The number of nitrogens with zero attached hydrogens (tertiary/aromatic N) is 1. The van der Waals surface area contributed by atoms with Gasteiger partial charge in [-0.3, -0.25) is 4.99 Å². The van der Waals surface area contributed by atoms with Crippen LogP contribution in [0.2, 0.25) is 0 Å². The van der Waals surface area contributed by atoms with Gasteiger partial charge in [0, 0.05) is 19.6 Å². The van der Waals surface area contributed by atoms with Gasteiger partial charge in [-0.2, -0.15) is 0 Å². The minimum Gasteiger partial charge on any atom is -0.356 e.